The predicted octanol–water partition coefficient (Wildman–Crippen LogP) is 5.65. The third-order valence-electron chi connectivity index (χ3n) is 5.00. The van der Waals surface area contributed by atoms with E-state index in [9.17, 15) is 4.79 Å². The lowest BCUT2D eigenvalue weighted by molar-refractivity contribution is 0.103. The Balaban J connectivity index is 1.70. The second kappa shape index (κ2) is 9.06. The van der Waals surface area contributed by atoms with Gasteiger partial charge >= 0.3 is 0 Å². The number of hydrogen-bond donors (Lipinski definition) is 0. The highest BCUT2D eigenvalue weighted by Crippen LogP contribution is 2.28. The van der Waals surface area contributed by atoms with Gasteiger partial charge in [-0.2, -0.15) is 0 Å². The van der Waals surface area contributed by atoms with Gasteiger partial charge in [-0.05, 0) is 47.5 Å². The number of fused-ring (bicyclic) bond motifs is 1. The lowest BCUT2D eigenvalue weighted by Gasteiger charge is -2.09. The Morgan fingerprint density at radius 2 is 1.74 bits per heavy atom. The monoisotopic (exact) mass is 432 g/mol. The zero-order valence-corrected chi connectivity index (χ0v) is 18.0. The fourth-order valence-corrected chi connectivity index (χ4v) is 3.62. The van der Waals surface area contributed by atoms with Gasteiger partial charge in [0.25, 0.3) is 0 Å². The van der Waals surface area contributed by atoms with Crippen molar-refractivity contribution in [2.75, 3.05) is 14.2 Å². The van der Waals surface area contributed by atoms with E-state index in [1.165, 1.54) is 6.08 Å². The zero-order chi connectivity index (χ0) is 21.8. The van der Waals surface area contributed by atoms with Crippen molar-refractivity contribution < 1.29 is 14.3 Å². The number of aromatic nitrogens is 2. The molecule has 5 nitrogen and oxygen atoms in total. The number of carbonyl (C=O) groups is 1. The summed E-state index contributed by atoms with van der Waals surface area (Å²) in [7, 11) is 3.16. The third kappa shape index (κ3) is 4.32. The molecule has 156 valence electrons. The third-order valence-corrected chi connectivity index (χ3v) is 5.36. The molecule has 0 saturated heterocycles. The molecule has 0 aliphatic rings. The van der Waals surface area contributed by atoms with Gasteiger partial charge in [0.2, 0.25) is 5.78 Å². The van der Waals surface area contributed by atoms with E-state index < -0.39 is 0 Å². The van der Waals surface area contributed by atoms with Crippen LogP contribution in [0.15, 0.2) is 72.8 Å². The lowest BCUT2D eigenvalue weighted by atomic mass is 10.1. The molecule has 4 rings (SSSR count). The molecular weight excluding hydrogens is 412 g/mol. The molecule has 31 heavy (non-hydrogen) atoms. The van der Waals surface area contributed by atoms with Gasteiger partial charge in [0.1, 0.15) is 0 Å². The number of carbonyl (C=O) groups excluding carboxylic acids is 1. The van der Waals surface area contributed by atoms with Crippen molar-refractivity contribution in [2.45, 2.75) is 6.54 Å². The zero-order valence-electron chi connectivity index (χ0n) is 17.2. The molecule has 1 heterocycles. The van der Waals surface area contributed by atoms with Gasteiger partial charge in [-0.3, -0.25) is 4.79 Å². The average molecular weight is 433 g/mol. The summed E-state index contributed by atoms with van der Waals surface area (Å²) in [6.07, 6.45) is 3.26. The number of nitrogens with zero attached hydrogens (tertiary/aromatic N) is 2. The van der Waals surface area contributed by atoms with E-state index in [2.05, 4.69) is 4.98 Å². The summed E-state index contributed by atoms with van der Waals surface area (Å²) in [4.78, 5) is 17.7. The van der Waals surface area contributed by atoms with Crippen molar-refractivity contribution in [3.8, 4) is 11.5 Å². The highest BCUT2D eigenvalue weighted by molar-refractivity contribution is 6.31. The summed E-state index contributed by atoms with van der Waals surface area (Å²) in [5.41, 5.74) is 3.38. The maximum Gasteiger partial charge on any atom is 0.221 e. The molecule has 0 N–H and O–H groups in total. The van der Waals surface area contributed by atoms with Gasteiger partial charge < -0.3 is 14.0 Å². The molecule has 0 atom stereocenters. The van der Waals surface area contributed by atoms with E-state index in [1.54, 1.807) is 26.4 Å². The first-order valence-corrected chi connectivity index (χ1v) is 10.1. The molecule has 0 fully saturated rings. The maximum absolute atomic E-state index is 13.1. The van der Waals surface area contributed by atoms with Crippen LogP contribution in [0.5, 0.6) is 11.5 Å². The fraction of sp³-hybridized carbons (Fsp3) is 0.120. The normalized spacial score (nSPS) is 11.2. The Bertz CT molecular complexity index is 1280. The van der Waals surface area contributed by atoms with Crippen molar-refractivity contribution in [2.24, 2.45) is 0 Å². The minimum atomic E-state index is -0.196. The van der Waals surface area contributed by atoms with Gasteiger partial charge in [-0.15, -0.1) is 0 Å². The number of imidazole rings is 1. The molecule has 3 aromatic carbocycles. The molecule has 1 aromatic heterocycles. The number of ether oxygens (including phenoxy) is 2. The molecule has 0 aliphatic heterocycles. The summed E-state index contributed by atoms with van der Waals surface area (Å²) in [6, 6.07) is 20.8. The Hall–Kier alpha value is -3.57. The number of ketones is 1. The molecule has 0 aliphatic carbocycles. The van der Waals surface area contributed by atoms with E-state index in [0.29, 0.717) is 28.9 Å². The van der Waals surface area contributed by atoms with Crippen LogP contribution in [0.1, 0.15) is 21.7 Å². The Kier molecular flexibility index (Phi) is 6.05. The van der Waals surface area contributed by atoms with Crippen molar-refractivity contribution in [3.05, 3.63) is 94.8 Å². The summed E-state index contributed by atoms with van der Waals surface area (Å²) in [5, 5.41) is 0.652. The van der Waals surface area contributed by atoms with Crippen molar-refractivity contribution in [1.29, 1.82) is 0 Å². The average Bonchev–Trinajstić information content (AvgIpc) is 3.17. The topological polar surface area (TPSA) is 53.3 Å². The van der Waals surface area contributed by atoms with Crippen molar-refractivity contribution in [3.63, 3.8) is 0 Å². The quantitative estimate of drug-likeness (QED) is 0.279. The van der Waals surface area contributed by atoms with Crippen LogP contribution in [0.25, 0.3) is 17.1 Å². The number of para-hydroxylation sites is 2. The highest BCUT2D eigenvalue weighted by atomic mass is 35.5. The van der Waals surface area contributed by atoms with E-state index >= 15 is 0 Å². The van der Waals surface area contributed by atoms with E-state index in [1.807, 2.05) is 65.2 Å². The van der Waals surface area contributed by atoms with Crippen LogP contribution in [-0.2, 0) is 6.54 Å². The first kappa shape index (κ1) is 20.7. The smallest absolute Gasteiger partial charge is 0.221 e. The number of allylic oxidation sites excluding steroid dienone is 1. The minimum absolute atomic E-state index is 0.196. The highest BCUT2D eigenvalue weighted by Gasteiger charge is 2.16. The summed E-state index contributed by atoms with van der Waals surface area (Å²) in [6.45, 7) is 0.450. The van der Waals surface area contributed by atoms with Crippen LogP contribution in [-0.4, -0.2) is 29.6 Å². The second-order valence-electron chi connectivity index (χ2n) is 6.91. The Labute approximate surface area is 185 Å². The molecule has 0 radical (unpaired) electrons. The van der Waals surface area contributed by atoms with E-state index in [4.69, 9.17) is 21.1 Å². The molecule has 4 aromatic rings. The maximum atomic E-state index is 13.1. The van der Waals surface area contributed by atoms with Crippen LogP contribution < -0.4 is 9.47 Å². The van der Waals surface area contributed by atoms with E-state index in [0.717, 1.165) is 22.2 Å². The number of halogens is 1. The van der Waals surface area contributed by atoms with Gasteiger partial charge in [0.05, 0.1) is 31.8 Å². The van der Waals surface area contributed by atoms with Crippen LogP contribution >= 0.6 is 11.6 Å². The van der Waals surface area contributed by atoms with Crippen LogP contribution in [0, 0.1) is 0 Å². The second-order valence-corrected chi connectivity index (χ2v) is 7.32. The molecular formula is C25H21ClN2O3. The summed E-state index contributed by atoms with van der Waals surface area (Å²) >= 11 is 6.36. The fourth-order valence-electron chi connectivity index (χ4n) is 3.42. The number of benzene rings is 3. The Morgan fingerprint density at radius 1 is 1.00 bits per heavy atom. The van der Waals surface area contributed by atoms with Crippen LogP contribution in [0.3, 0.4) is 0 Å². The van der Waals surface area contributed by atoms with Gasteiger partial charge in [0.15, 0.2) is 17.3 Å². The number of hydrogen-bond acceptors (Lipinski definition) is 4. The molecule has 0 saturated carbocycles. The number of methoxy groups -OCH3 is 2. The Morgan fingerprint density at radius 3 is 2.52 bits per heavy atom. The molecule has 6 heteroatoms. The first-order valence-electron chi connectivity index (χ1n) is 9.74. The number of rotatable bonds is 7. The first-order chi connectivity index (χ1) is 15.1. The minimum Gasteiger partial charge on any atom is -0.493 e. The van der Waals surface area contributed by atoms with Crippen molar-refractivity contribution in [1.82, 2.24) is 9.55 Å². The molecule has 0 unspecified atom stereocenters. The van der Waals surface area contributed by atoms with Gasteiger partial charge in [0, 0.05) is 5.02 Å². The van der Waals surface area contributed by atoms with Gasteiger partial charge in [-0.25, -0.2) is 4.98 Å². The molecule has 0 bridgehead atoms. The van der Waals surface area contributed by atoms with Crippen LogP contribution in [0.2, 0.25) is 5.02 Å². The largest absolute Gasteiger partial charge is 0.493 e. The molecule has 0 spiro atoms. The molecule has 0 amide bonds. The predicted molar refractivity (Wildman–Crippen MR) is 123 cm³/mol. The SMILES string of the molecule is COc1ccc(C=CC(=O)c2nc3ccccc3n2Cc2ccccc2Cl)cc1OC. The summed E-state index contributed by atoms with van der Waals surface area (Å²) in [5.74, 6) is 1.39. The standard InChI is InChI=1S/C25H21ClN2O3/c1-30-23-14-12-17(15-24(23)31-2)11-13-22(29)25-27-20-9-5-6-10-21(20)28(25)16-18-7-3-4-8-19(18)26/h3-15H,16H2,1-2H3. The lowest BCUT2D eigenvalue weighted by Crippen LogP contribution is -2.10. The van der Waals surface area contributed by atoms with E-state index in [-0.39, 0.29) is 5.78 Å². The van der Waals surface area contributed by atoms with Gasteiger partial charge in [-0.1, -0.05) is 54.1 Å². The summed E-state index contributed by atoms with van der Waals surface area (Å²) < 4.78 is 12.5. The van der Waals surface area contributed by atoms with Crippen LogP contribution in [0.4, 0.5) is 0 Å². The van der Waals surface area contributed by atoms with Crippen molar-refractivity contribution >= 4 is 34.5 Å².